The SMILES string of the molecule is CC[C@H](C)NC(=O)c1ccccc1NC(=O)[C@H](C)Oc1cc(C)cc(C)c1C. The lowest BCUT2D eigenvalue weighted by molar-refractivity contribution is -0.122. The third-order valence-electron chi connectivity index (χ3n) is 4.86. The first kappa shape index (κ1) is 21.5. The fourth-order valence-electron chi connectivity index (χ4n) is 2.80. The van der Waals surface area contributed by atoms with Gasteiger partial charge in [-0.3, -0.25) is 9.59 Å². The zero-order valence-corrected chi connectivity index (χ0v) is 17.6. The molecule has 2 rings (SSSR count). The topological polar surface area (TPSA) is 67.4 Å². The predicted molar refractivity (Wildman–Crippen MR) is 113 cm³/mol. The van der Waals surface area contributed by atoms with Crippen molar-refractivity contribution in [1.82, 2.24) is 5.32 Å². The summed E-state index contributed by atoms with van der Waals surface area (Å²) in [5.74, 6) is 0.189. The summed E-state index contributed by atoms with van der Waals surface area (Å²) in [6.07, 6.45) is 0.131. The molecule has 0 heterocycles. The van der Waals surface area contributed by atoms with E-state index in [9.17, 15) is 9.59 Å². The van der Waals surface area contributed by atoms with Crippen LogP contribution in [-0.4, -0.2) is 24.0 Å². The van der Waals surface area contributed by atoms with E-state index < -0.39 is 6.10 Å². The van der Waals surface area contributed by atoms with Gasteiger partial charge in [0.05, 0.1) is 11.3 Å². The molecule has 0 aliphatic rings. The van der Waals surface area contributed by atoms with Gasteiger partial charge in [0.2, 0.25) is 0 Å². The van der Waals surface area contributed by atoms with Crippen LogP contribution in [-0.2, 0) is 4.79 Å². The Morgan fingerprint density at radius 1 is 1.07 bits per heavy atom. The maximum atomic E-state index is 12.7. The lowest BCUT2D eigenvalue weighted by Crippen LogP contribution is -2.34. The molecule has 0 unspecified atom stereocenters. The van der Waals surface area contributed by atoms with Gasteiger partial charge in [0.15, 0.2) is 6.10 Å². The average molecular weight is 383 g/mol. The highest BCUT2D eigenvalue weighted by Gasteiger charge is 2.20. The van der Waals surface area contributed by atoms with Gasteiger partial charge in [-0.15, -0.1) is 0 Å². The lowest BCUT2D eigenvalue weighted by atomic mass is 10.1. The highest BCUT2D eigenvalue weighted by molar-refractivity contribution is 6.04. The van der Waals surface area contributed by atoms with Crippen molar-refractivity contribution in [3.63, 3.8) is 0 Å². The number of hydrogen-bond acceptors (Lipinski definition) is 3. The van der Waals surface area contributed by atoms with Crippen LogP contribution in [0.25, 0.3) is 0 Å². The normalized spacial score (nSPS) is 12.8. The van der Waals surface area contributed by atoms with Crippen molar-refractivity contribution < 1.29 is 14.3 Å². The molecule has 0 fully saturated rings. The van der Waals surface area contributed by atoms with Crippen LogP contribution in [0.3, 0.4) is 0 Å². The summed E-state index contributed by atoms with van der Waals surface area (Å²) < 4.78 is 5.91. The van der Waals surface area contributed by atoms with E-state index in [1.165, 1.54) is 0 Å². The number of hydrogen-bond donors (Lipinski definition) is 2. The van der Waals surface area contributed by atoms with E-state index in [4.69, 9.17) is 4.74 Å². The van der Waals surface area contributed by atoms with E-state index in [2.05, 4.69) is 16.7 Å². The summed E-state index contributed by atoms with van der Waals surface area (Å²) in [4.78, 5) is 25.2. The second-order valence-corrected chi connectivity index (χ2v) is 7.28. The number of para-hydroxylation sites is 1. The monoisotopic (exact) mass is 382 g/mol. The molecule has 2 aromatic rings. The molecular formula is C23H30N2O3. The molecular weight excluding hydrogens is 352 g/mol. The van der Waals surface area contributed by atoms with Gasteiger partial charge < -0.3 is 15.4 Å². The second kappa shape index (κ2) is 9.40. The number of aryl methyl sites for hydroxylation is 2. The van der Waals surface area contributed by atoms with E-state index in [-0.39, 0.29) is 17.9 Å². The Morgan fingerprint density at radius 2 is 1.75 bits per heavy atom. The van der Waals surface area contributed by atoms with E-state index in [1.807, 2.05) is 40.7 Å². The van der Waals surface area contributed by atoms with Crippen molar-refractivity contribution in [1.29, 1.82) is 0 Å². The molecule has 0 saturated carbocycles. The molecule has 0 aromatic heterocycles. The number of ether oxygens (including phenoxy) is 1. The smallest absolute Gasteiger partial charge is 0.265 e. The number of nitrogens with one attached hydrogen (secondary N) is 2. The Labute approximate surface area is 167 Å². The van der Waals surface area contributed by atoms with Gasteiger partial charge in [0.1, 0.15) is 5.75 Å². The van der Waals surface area contributed by atoms with Gasteiger partial charge >= 0.3 is 0 Å². The van der Waals surface area contributed by atoms with Crippen LogP contribution in [0.2, 0.25) is 0 Å². The number of rotatable bonds is 7. The molecule has 2 N–H and O–H groups in total. The zero-order valence-electron chi connectivity index (χ0n) is 17.6. The first-order chi connectivity index (χ1) is 13.2. The van der Waals surface area contributed by atoms with Crippen LogP contribution in [0.4, 0.5) is 5.69 Å². The molecule has 150 valence electrons. The molecule has 0 radical (unpaired) electrons. The molecule has 5 nitrogen and oxygen atoms in total. The summed E-state index contributed by atoms with van der Waals surface area (Å²) >= 11 is 0. The summed E-state index contributed by atoms with van der Waals surface area (Å²) in [6, 6.07) is 11.1. The van der Waals surface area contributed by atoms with E-state index >= 15 is 0 Å². The van der Waals surface area contributed by atoms with Gasteiger partial charge in [-0.25, -0.2) is 0 Å². The molecule has 2 amide bonds. The zero-order chi connectivity index (χ0) is 20.8. The Morgan fingerprint density at radius 3 is 2.43 bits per heavy atom. The molecule has 2 atom stereocenters. The lowest BCUT2D eigenvalue weighted by Gasteiger charge is -2.19. The number of carbonyl (C=O) groups excluding carboxylic acids is 2. The Balaban J connectivity index is 2.14. The molecule has 5 heteroatoms. The maximum Gasteiger partial charge on any atom is 0.265 e. The highest BCUT2D eigenvalue weighted by atomic mass is 16.5. The molecule has 0 saturated heterocycles. The fraction of sp³-hybridized carbons (Fsp3) is 0.391. The van der Waals surface area contributed by atoms with Crippen molar-refractivity contribution in [2.75, 3.05) is 5.32 Å². The third kappa shape index (κ3) is 5.35. The quantitative estimate of drug-likeness (QED) is 0.738. The van der Waals surface area contributed by atoms with Crippen LogP contribution < -0.4 is 15.4 Å². The van der Waals surface area contributed by atoms with E-state index in [0.717, 1.165) is 23.1 Å². The second-order valence-electron chi connectivity index (χ2n) is 7.28. The predicted octanol–water partition coefficient (Wildman–Crippen LogP) is 4.55. The molecule has 0 aliphatic carbocycles. The van der Waals surface area contributed by atoms with Gasteiger partial charge in [-0.05, 0) is 75.9 Å². The largest absolute Gasteiger partial charge is 0.481 e. The molecule has 0 spiro atoms. The van der Waals surface area contributed by atoms with E-state index in [0.29, 0.717) is 17.0 Å². The van der Waals surface area contributed by atoms with Crippen molar-refractivity contribution in [3.05, 3.63) is 58.7 Å². The number of benzene rings is 2. The van der Waals surface area contributed by atoms with E-state index in [1.54, 1.807) is 31.2 Å². The minimum atomic E-state index is -0.703. The average Bonchev–Trinajstić information content (AvgIpc) is 2.65. The van der Waals surface area contributed by atoms with Crippen molar-refractivity contribution in [2.45, 2.75) is 60.1 Å². The van der Waals surface area contributed by atoms with Crippen molar-refractivity contribution in [2.24, 2.45) is 0 Å². The highest BCUT2D eigenvalue weighted by Crippen LogP contribution is 2.25. The Hall–Kier alpha value is -2.82. The molecule has 2 aromatic carbocycles. The van der Waals surface area contributed by atoms with Gasteiger partial charge in [-0.1, -0.05) is 25.1 Å². The van der Waals surface area contributed by atoms with Crippen LogP contribution in [0.1, 0.15) is 54.2 Å². The minimum Gasteiger partial charge on any atom is -0.481 e. The maximum absolute atomic E-state index is 12.7. The fourth-order valence-corrected chi connectivity index (χ4v) is 2.80. The molecule has 0 aliphatic heterocycles. The van der Waals surface area contributed by atoms with Gasteiger partial charge in [0, 0.05) is 6.04 Å². The van der Waals surface area contributed by atoms with Crippen LogP contribution in [0.15, 0.2) is 36.4 Å². The summed E-state index contributed by atoms with van der Waals surface area (Å²) in [6.45, 7) is 11.6. The Kier molecular flexibility index (Phi) is 7.21. The third-order valence-corrected chi connectivity index (χ3v) is 4.86. The van der Waals surface area contributed by atoms with Gasteiger partial charge in [0.25, 0.3) is 11.8 Å². The Bertz CT molecular complexity index is 861. The van der Waals surface area contributed by atoms with Crippen molar-refractivity contribution in [3.8, 4) is 5.75 Å². The molecule has 0 bridgehead atoms. The first-order valence-electron chi connectivity index (χ1n) is 9.68. The molecule has 28 heavy (non-hydrogen) atoms. The number of anilines is 1. The van der Waals surface area contributed by atoms with Crippen LogP contribution in [0, 0.1) is 20.8 Å². The minimum absolute atomic E-state index is 0.0612. The van der Waals surface area contributed by atoms with Crippen molar-refractivity contribution >= 4 is 17.5 Å². The number of amides is 2. The standard InChI is InChI=1S/C23H30N2O3/c1-7-16(4)24-23(27)19-10-8-9-11-20(19)25-22(26)18(6)28-21-13-14(2)12-15(3)17(21)5/h8-13,16,18H,7H2,1-6H3,(H,24,27)(H,25,26)/t16-,18-/m0/s1. The summed E-state index contributed by atoms with van der Waals surface area (Å²) in [5, 5.41) is 5.75. The first-order valence-corrected chi connectivity index (χ1v) is 9.68. The van der Waals surface area contributed by atoms with Gasteiger partial charge in [-0.2, -0.15) is 0 Å². The number of carbonyl (C=O) groups is 2. The van der Waals surface area contributed by atoms with Crippen LogP contribution in [0.5, 0.6) is 5.75 Å². The van der Waals surface area contributed by atoms with Crippen LogP contribution >= 0.6 is 0 Å². The summed E-state index contributed by atoms with van der Waals surface area (Å²) in [5.41, 5.74) is 4.12. The summed E-state index contributed by atoms with van der Waals surface area (Å²) in [7, 11) is 0.